The van der Waals surface area contributed by atoms with E-state index in [1.807, 2.05) is 11.8 Å². The van der Waals surface area contributed by atoms with Gasteiger partial charge in [0.2, 0.25) is 0 Å². The molecule has 0 aromatic heterocycles. The first-order chi connectivity index (χ1) is 6.33. The molecule has 0 aliphatic carbocycles. The zero-order valence-corrected chi connectivity index (χ0v) is 10.3. The molecule has 78 valence electrons. The first-order valence-corrected chi connectivity index (χ1v) is 7.61. The van der Waals surface area contributed by atoms with Crippen LogP contribution in [0.5, 0.6) is 0 Å². The van der Waals surface area contributed by atoms with Gasteiger partial charge in [-0.25, -0.2) is 0 Å². The standard InChI is InChI=1S/C10H21NS2/c1-9-7-10(8-13-9)11-5-3-4-6-12-2/h9-11H,3-8H2,1-2H3. The number of thioether (sulfide) groups is 2. The summed E-state index contributed by atoms with van der Waals surface area (Å²) in [5, 5.41) is 4.52. The van der Waals surface area contributed by atoms with Gasteiger partial charge in [0.1, 0.15) is 0 Å². The van der Waals surface area contributed by atoms with Gasteiger partial charge in [-0.05, 0) is 37.8 Å². The van der Waals surface area contributed by atoms with E-state index in [1.54, 1.807) is 0 Å². The van der Waals surface area contributed by atoms with Crippen LogP contribution in [0.4, 0.5) is 0 Å². The third-order valence-electron chi connectivity index (χ3n) is 2.41. The van der Waals surface area contributed by atoms with Gasteiger partial charge in [0.05, 0.1) is 0 Å². The molecule has 13 heavy (non-hydrogen) atoms. The van der Waals surface area contributed by atoms with E-state index >= 15 is 0 Å². The minimum absolute atomic E-state index is 0.800. The predicted molar refractivity (Wildman–Crippen MR) is 65.9 cm³/mol. The van der Waals surface area contributed by atoms with Gasteiger partial charge >= 0.3 is 0 Å². The van der Waals surface area contributed by atoms with Crippen LogP contribution in [-0.4, -0.2) is 35.6 Å². The lowest BCUT2D eigenvalue weighted by Crippen LogP contribution is -2.29. The molecule has 0 spiro atoms. The quantitative estimate of drug-likeness (QED) is 0.690. The Bertz CT molecular complexity index is 130. The lowest BCUT2D eigenvalue weighted by molar-refractivity contribution is 0.526. The van der Waals surface area contributed by atoms with Crippen LogP contribution in [0.3, 0.4) is 0 Å². The lowest BCUT2D eigenvalue weighted by Gasteiger charge is -2.10. The molecule has 3 heteroatoms. The molecule has 1 fully saturated rings. The van der Waals surface area contributed by atoms with Crippen molar-refractivity contribution in [1.82, 2.24) is 5.32 Å². The number of unbranched alkanes of at least 4 members (excludes halogenated alkanes) is 1. The molecule has 1 heterocycles. The highest BCUT2D eigenvalue weighted by Gasteiger charge is 2.20. The summed E-state index contributed by atoms with van der Waals surface area (Å²) < 4.78 is 0. The van der Waals surface area contributed by atoms with Gasteiger partial charge in [-0.15, -0.1) is 0 Å². The van der Waals surface area contributed by atoms with E-state index in [4.69, 9.17) is 0 Å². The fraction of sp³-hybridized carbons (Fsp3) is 1.00. The molecule has 0 radical (unpaired) electrons. The van der Waals surface area contributed by atoms with E-state index in [0.717, 1.165) is 11.3 Å². The maximum absolute atomic E-state index is 3.64. The SMILES string of the molecule is CSCCCCNC1CSC(C)C1. The third-order valence-corrected chi connectivity index (χ3v) is 4.46. The van der Waals surface area contributed by atoms with Crippen LogP contribution in [0.25, 0.3) is 0 Å². The summed E-state index contributed by atoms with van der Waals surface area (Å²) in [6.07, 6.45) is 6.26. The molecule has 0 amide bonds. The van der Waals surface area contributed by atoms with Crippen LogP contribution >= 0.6 is 23.5 Å². The highest BCUT2D eigenvalue weighted by molar-refractivity contribution is 8.00. The Labute approximate surface area is 90.8 Å². The van der Waals surface area contributed by atoms with Crippen molar-refractivity contribution >= 4 is 23.5 Å². The Morgan fingerprint density at radius 3 is 2.92 bits per heavy atom. The molecule has 1 rings (SSSR count). The summed E-state index contributed by atoms with van der Waals surface area (Å²) >= 11 is 4.06. The molecule has 1 N–H and O–H groups in total. The topological polar surface area (TPSA) is 12.0 Å². The highest BCUT2D eigenvalue weighted by Crippen LogP contribution is 2.25. The molecular weight excluding hydrogens is 198 g/mol. The molecule has 2 unspecified atom stereocenters. The molecule has 1 aliphatic rings. The van der Waals surface area contributed by atoms with Gasteiger partial charge in [-0.2, -0.15) is 23.5 Å². The van der Waals surface area contributed by atoms with Crippen molar-refractivity contribution in [1.29, 1.82) is 0 Å². The zero-order chi connectivity index (χ0) is 9.52. The molecule has 0 aromatic carbocycles. The second-order valence-corrected chi connectivity index (χ2v) is 6.19. The van der Waals surface area contributed by atoms with Crippen molar-refractivity contribution in [3.8, 4) is 0 Å². The monoisotopic (exact) mass is 219 g/mol. The second kappa shape index (κ2) is 7.02. The maximum atomic E-state index is 3.64. The van der Waals surface area contributed by atoms with E-state index in [2.05, 4.69) is 30.3 Å². The summed E-state index contributed by atoms with van der Waals surface area (Å²) in [5.41, 5.74) is 0. The van der Waals surface area contributed by atoms with Gasteiger partial charge in [-0.1, -0.05) is 6.92 Å². The molecule has 0 bridgehead atoms. The summed E-state index contributed by atoms with van der Waals surface area (Å²) in [4.78, 5) is 0. The van der Waals surface area contributed by atoms with Crippen LogP contribution in [0.1, 0.15) is 26.2 Å². The van der Waals surface area contributed by atoms with Crippen molar-refractivity contribution in [2.24, 2.45) is 0 Å². The van der Waals surface area contributed by atoms with E-state index < -0.39 is 0 Å². The molecule has 1 saturated heterocycles. The summed E-state index contributed by atoms with van der Waals surface area (Å²) in [5.74, 6) is 2.64. The third kappa shape index (κ3) is 5.18. The normalized spacial score (nSPS) is 28.2. The zero-order valence-electron chi connectivity index (χ0n) is 8.71. The van der Waals surface area contributed by atoms with Crippen molar-refractivity contribution < 1.29 is 0 Å². The van der Waals surface area contributed by atoms with E-state index in [-0.39, 0.29) is 0 Å². The molecular formula is C10H21NS2. The average Bonchev–Trinajstić information content (AvgIpc) is 2.51. The Morgan fingerprint density at radius 1 is 1.46 bits per heavy atom. The minimum Gasteiger partial charge on any atom is -0.313 e. The summed E-state index contributed by atoms with van der Waals surface area (Å²) in [7, 11) is 0. The van der Waals surface area contributed by atoms with Crippen LogP contribution < -0.4 is 5.32 Å². The molecule has 0 saturated carbocycles. The average molecular weight is 219 g/mol. The Morgan fingerprint density at radius 2 is 2.31 bits per heavy atom. The van der Waals surface area contributed by atoms with Gasteiger partial charge in [-0.3, -0.25) is 0 Å². The van der Waals surface area contributed by atoms with Gasteiger partial charge in [0, 0.05) is 17.0 Å². The van der Waals surface area contributed by atoms with Crippen LogP contribution in [0.15, 0.2) is 0 Å². The Hall–Kier alpha value is 0.660. The van der Waals surface area contributed by atoms with Crippen molar-refractivity contribution in [3.63, 3.8) is 0 Å². The first kappa shape index (κ1) is 11.7. The van der Waals surface area contributed by atoms with Crippen LogP contribution in [-0.2, 0) is 0 Å². The maximum Gasteiger partial charge on any atom is 0.0168 e. The largest absolute Gasteiger partial charge is 0.313 e. The van der Waals surface area contributed by atoms with Crippen LogP contribution in [0, 0.1) is 0 Å². The summed E-state index contributed by atoms with van der Waals surface area (Å²) in [6.45, 7) is 3.55. The highest BCUT2D eigenvalue weighted by atomic mass is 32.2. The predicted octanol–water partition coefficient (Wildman–Crippen LogP) is 2.61. The van der Waals surface area contributed by atoms with Gasteiger partial charge < -0.3 is 5.32 Å². The fourth-order valence-electron chi connectivity index (χ4n) is 1.64. The van der Waals surface area contributed by atoms with E-state index in [1.165, 1.54) is 37.3 Å². The Kier molecular flexibility index (Phi) is 6.33. The minimum atomic E-state index is 0.800. The van der Waals surface area contributed by atoms with Crippen molar-refractivity contribution in [3.05, 3.63) is 0 Å². The first-order valence-electron chi connectivity index (χ1n) is 5.17. The number of hydrogen-bond acceptors (Lipinski definition) is 3. The van der Waals surface area contributed by atoms with Crippen molar-refractivity contribution in [2.75, 3.05) is 24.3 Å². The molecule has 1 nitrogen and oxygen atoms in total. The molecule has 2 atom stereocenters. The number of nitrogens with one attached hydrogen (secondary N) is 1. The second-order valence-electron chi connectivity index (χ2n) is 3.73. The van der Waals surface area contributed by atoms with E-state index in [9.17, 15) is 0 Å². The van der Waals surface area contributed by atoms with Gasteiger partial charge in [0.25, 0.3) is 0 Å². The Balaban J connectivity index is 1.88. The fourth-order valence-corrected chi connectivity index (χ4v) is 3.31. The summed E-state index contributed by atoms with van der Waals surface area (Å²) in [6, 6.07) is 0.800. The van der Waals surface area contributed by atoms with Crippen LogP contribution in [0.2, 0.25) is 0 Å². The van der Waals surface area contributed by atoms with Crippen molar-refractivity contribution in [2.45, 2.75) is 37.5 Å². The molecule has 0 aromatic rings. The van der Waals surface area contributed by atoms with Gasteiger partial charge in [0.15, 0.2) is 0 Å². The smallest absolute Gasteiger partial charge is 0.0168 e. The number of hydrogen-bond donors (Lipinski definition) is 1. The van der Waals surface area contributed by atoms with E-state index in [0.29, 0.717) is 0 Å². The number of rotatable bonds is 6. The lowest BCUT2D eigenvalue weighted by atomic mass is 10.2. The molecule has 1 aliphatic heterocycles.